The molecule has 1 saturated heterocycles. The molecule has 2 heterocycles. The number of aliphatic hydroxyl groups is 1. The predicted octanol–water partition coefficient (Wildman–Crippen LogP) is 1.90. The van der Waals surface area contributed by atoms with E-state index in [1.807, 2.05) is 23.3 Å². The molecule has 4 heteroatoms. The van der Waals surface area contributed by atoms with Gasteiger partial charge in [0.2, 0.25) is 0 Å². The summed E-state index contributed by atoms with van der Waals surface area (Å²) in [7, 11) is 0. The maximum atomic E-state index is 12.2. The summed E-state index contributed by atoms with van der Waals surface area (Å²) in [6.45, 7) is 3.78. The summed E-state index contributed by atoms with van der Waals surface area (Å²) in [6, 6.07) is 1.98. The van der Waals surface area contributed by atoms with E-state index < -0.39 is 0 Å². The van der Waals surface area contributed by atoms with Gasteiger partial charge in [0.1, 0.15) is 0 Å². The molecule has 0 spiro atoms. The topological polar surface area (TPSA) is 40.5 Å². The van der Waals surface area contributed by atoms with Gasteiger partial charge in [-0.3, -0.25) is 4.79 Å². The molecule has 0 aliphatic carbocycles. The molecule has 1 N–H and O–H groups in total. The molecule has 1 aromatic rings. The van der Waals surface area contributed by atoms with Crippen molar-refractivity contribution in [2.24, 2.45) is 5.92 Å². The fourth-order valence-corrected chi connectivity index (χ4v) is 2.95. The van der Waals surface area contributed by atoms with Crippen LogP contribution in [0.2, 0.25) is 0 Å². The van der Waals surface area contributed by atoms with E-state index in [-0.39, 0.29) is 12.5 Å². The van der Waals surface area contributed by atoms with Gasteiger partial charge in [0.25, 0.3) is 5.91 Å². The Labute approximate surface area is 99.7 Å². The largest absolute Gasteiger partial charge is 0.396 e. The molecule has 3 nitrogen and oxygen atoms in total. The number of hydrogen-bond acceptors (Lipinski definition) is 3. The van der Waals surface area contributed by atoms with E-state index in [0.29, 0.717) is 5.92 Å². The molecule has 0 radical (unpaired) electrons. The number of carbonyl (C=O) groups is 1. The number of amides is 1. The minimum atomic E-state index is 0.156. The lowest BCUT2D eigenvalue weighted by Crippen LogP contribution is -2.39. The molecule has 0 aromatic carbocycles. The Kier molecular flexibility index (Phi) is 3.61. The summed E-state index contributed by atoms with van der Waals surface area (Å²) < 4.78 is 0. The van der Waals surface area contributed by atoms with Crippen molar-refractivity contribution in [3.8, 4) is 0 Å². The molecular weight excluding hydrogens is 222 g/mol. The monoisotopic (exact) mass is 239 g/mol. The molecule has 1 aliphatic heterocycles. The number of hydrogen-bond donors (Lipinski definition) is 1. The van der Waals surface area contributed by atoms with E-state index >= 15 is 0 Å². The van der Waals surface area contributed by atoms with Crippen LogP contribution in [0.5, 0.6) is 0 Å². The van der Waals surface area contributed by atoms with E-state index in [9.17, 15) is 4.79 Å². The van der Waals surface area contributed by atoms with E-state index in [1.54, 1.807) is 0 Å². The van der Waals surface area contributed by atoms with Crippen molar-refractivity contribution in [2.75, 3.05) is 19.7 Å². The average Bonchev–Trinajstić information content (AvgIpc) is 2.75. The SMILES string of the molecule is Cc1ccsc1C(=O)N1CCC(CO)CC1. The van der Waals surface area contributed by atoms with Gasteiger partial charge in [0, 0.05) is 19.7 Å². The molecule has 88 valence electrons. The van der Waals surface area contributed by atoms with Crippen LogP contribution >= 0.6 is 11.3 Å². The number of aryl methyl sites for hydroxylation is 1. The fraction of sp³-hybridized carbons (Fsp3) is 0.583. The van der Waals surface area contributed by atoms with E-state index in [1.165, 1.54) is 11.3 Å². The Morgan fingerprint density at radius 2 is 2.25 bits per heavy atom. The molecule has 0 saturated carbocycles. The highest BCUT2D eigenvalue weighted by atomic mass is 32.1. The Hall–Kier alpha value is -0.870. The van der Waals surface area contributed by atoms with E-state index in [0.717, 1.165) is 36.4 Å². The van der Waals surface area contributed by atoms with Gasteiger partial charge >= 0.3 is 0 Å². The van der Waals surface area contributed by atoms with Crippen molar-refractivity contribution < 1.29 is 9.90 Å². The van der Waals surface area contributed by atoms with Crippen LogP contribution in [0.4, 0.5) is 0 Å². The summed E-state index contributed by atoms with van der Waals surface area (Å²) in [5.41, 5.74) is 1.07. The third kappa shape index (κ3) is 2.28. The molecule has 0 bridgehead atoms. The first-order valence-electron chi connectivity index (χ1n) is 5.66. The zero-order chi connectivity index (χ0) is 11.5. The van der Waals surface area contributed by atoms with Gasteiger partial charge in [0.15, 0.2) is 0 Å². The number of piperidine rings is 1. The molecular formula is C12H17NO2S. The Morgan fingerprint density at radius 1 is 1.56 bits per heavy atom. The fourth-order valence-electron chi connectivity index (χ4n) is 2.05. The number of rotatable bonds is 2. The lowest BCUT2D eigenvalue weighted by Gasteiger charge is -2.31. The molecule has 1 amide bonds. The molecule has 2 rings (SSSR count). The first-order chi connectivity index (χ1) is 7.72. The zero-order valence-electron chi connectivity index (χ0n) is 9.48. The average molecular weight is 239 g/mol. The van der Waals surface area contributed by atoms with Crippen LogP contribution in [0.25, 0.3) is 0 Å². The Bertz CT molecular complexity index is 367. The van der Waals surface area contributed by atoms with Crippen molar-refractivity contribution in [1.82, 2.24) is 4.90 Å². The van der Waals surface area contributed by atoms with E-state index in [4.69, 9.17) is 5.11 Å². The van der Waals surface area contributed by atoms with Gasteiger partial charge in [-0.15, -0.1) is 11.3 Å². The molecule has 1 aliphatic rings. The van der Waals surface area contributed by atoms with Crippen LogP contribution in [0.1, 0.15) is 28.1 Å². The number of likely N-dealkylation sites (tertiary alicyclic amines) is 1. The number of aliphatic hydroxyl groups excluding tert-OH is 1. The Morgan fingerprint density at radius 3 is 2.75 bits per heavy atom. The maximum Gasteiger partial charge on any atom is 0.264 e. The van der Waals surface area contributed by atoms with Crippen molar-refractivity contribution in [3.63, 3.8) is 0 Å². The molecule has 1 aromatic heterocycles. The second-order valence-electron chi connectivity index (χ2n) is 4.35. The highest BCUT2D eigenvalue weighted by Gasteiger charge is 2.24. The molecule has 0 unspecified atom stereocenters. The van der Waals surface area contributed by atoms with Gasteiger partial charge < -0.3 is 10.0 Å². The second kappa shape index (κ2) is 4.97. The minimum Gasteiger partial charge on any atom is -0.396 e. The predicted molar refractivity (Wildman–Crippen MR) is 64.8 cm³/mol. The van der Waals surface area contributed by atoms with Crippen molar-refractivity contribution in [2.45, 2.75) is 19.8 Å². The first kappa shape index (κ1) is 11.6. The van der Waals surface area contributed by atoms with Crippen molar-refractivity contribution >= 4 is 17.2 Å². The lowest BCUT2D eigenvalue weighted by atomic mass is 9.98. The van der Waals surface area contributed by atoms with Crippen LogP contribution in [-0.4, -0.2) is 35.6 Å². The van der Waals surface area contributed by atoms with Gasteiger partial charge in [-0.2, -0.15) is 0 Å². The van der Waals surface area contributed by atoms with Crippen LogP contribution in [0.3, 0.4) is 0 Å². The second-order valence-corrected chi connectivity index (χ2v) is 5.27. The van der Waals surface area contributed by atoms with Crippen LogP contribution in [-0.2, 0) is 0 Å². The normalized spacial score (nSPS) is 17.8. The highest BCUT2D eigenvalue weighted by Crippen LogP contribution is 2.22. The summed E-state index contributed by atoms with van der Waals surface area (Å²) in [4.78, 5) is 14.9. The number of carbonyl (C=O) groups excluding carboxylic acids is 1. The minimum absolute atomic E-state index is 0.156. The highest BCUT2D eigenvalue weighted by molar-refractivity contribution is 7.12. The summed E-state index contributed by atoms with van der Waals surface area (Å²) in [5.74, 6) is 0.539. The van der Waals surface area contributed by atoms with Crippen molar-refractivity contribution in [3.05, 3.63) is 21.9 Å². The van der Waals surface area contributed by atoms with Gasteiger partial charge in [-0.1, -0.05) is 0 Å². The van der Waals surface area contributed by atoms with E-state index in [2.05, 4.69) is 0 Å². The van der Waals surface area contributed by atoms with Crippen LogP contribution < -0.4 is 0 Å². The van der Waals surface area contributed by atoms with Gasteiger partial charge in [-0.25, -0.2) is 0 Å². The quantitative estimate of drug-likeness (QED) is 0.856. The third-order valence-corrected chi connectivity index (χ3v) is 4.22. The van der Waals surface area contributed by atoms with Gasteiger partial charge in [-0.05, 0) is 42.7 Å². The van der Waals surface area contributed by atoms with Crippen molar-refractivity contribution in [1.29, 1.82) is 0 Å². The summed E-state index contributed by atoms with van der Waals surface area (Å²) >= 11 is 1.52. The zero-order valence-corrected chi connectivity index (χ0v) is 10.3. The molecule has 0 atom stereocenters. The maximum absolute atomic E-state index is 12.2. The van der Waals surface area contributed by atoms with Gasteiger partial charge in [0.05, 0.1) is 4.88 Å². The number of nitrogens with zero attached hydrogens (tertiary/aromatic N) is 1. The standard InChI is InChI=1S/C12H17NO2S/c1-9-4-7-16-11(9)12(15)13-5-2-10(8-14)3-6-13/h4,7,10,14H,2-3,5-6,8H2,1H3. The smallest absolute Gasteiger partial charge is 0.264 e. The van der Waals surface area contributed by atoms with Crippen LogP contribution in [0.15, 0.2) is 11.4 Å². The third-order valence-electron chi connectivity index (χ3n) is 3.22. The lowest BCUT2D eigenvalue weighted by molar-refractivity contribution is 0.0655. The summed E-state index contributed by atoms with van der Waals surface area (Å²) in [6.07, 6.45) is 1.85. The molecule has 16 heavy (non-hydrogen) atoms. The van der Waals surface area contributed by atoms with Crippen LogP contribution in [0, 0.1) is 12.8 Å². The molecule has 1 fully saturated rings. The first-order valence-corrected chi connectivity index (χ1v) is 6.54. The Balaban J connectivity index is 2.00. The number of thiophene rings is 1. The summed E-state index contributed by atoms with van der Waals surface area (Å²) in [5, 5.41) is 11.0.